The summed E-state index contributed by atoms with van der Waals surface area (Å²) in [5.41, 5.74) is 2.52. The second kappa shape index (κ2) is 8.78. The normalized spacial score (nSPS) is 14.6. The molecule has 1 aliphatic rings. The van der Waals surface area contributed by atoms with Crippen molar-refractivity contribution in [3.05, 3.63) is 48.0 Å². The summed E-state index contributed by atoms with van der Waals surface area (Å²) < 4.78 is 17.2. The largest absolute Gasteiger partial charge is 0.490 e. The monoisotopic (exact) mass is 412 g/mol. The van der Waals surface area contributed by atoms with Crippen LogP contribution < -0.4 is 14.8 Å². The van der Waals surface area contributed by atoms with E-state index in [1.807, 2.05) is 42.5 Å². The molecule has 0 aliphatic carbocycles. The fraction of sp³-hybridized carbons (Fsp3) is 0.364. The molecule has 0 radical (unpaired) electrons. The third-order valence-corrected chi connectivity index (χ3v) is 5.54. The van der Waals surface area contributed by atoms with Gasteiger partial charge in [0.2, 0.25) is 5.91 Å². The van der Waals surface area contributed by atoms with Gasteiger partial charge >= 0.3 is 0 Å². The molecule has 0 spiro atoms. The van der Waals surface area contributed by atoms with Crippen LogP contribution in [0.1, 0.15) is 31.9 Å². The number of ether oxygens (including phenoxy) is 2. The number of para-hydroxylation sites is 2. The van der Waals surface area contributed by atoms with Crippen molar-refractivity contribution in [2.24, 2.45) is 5.92 Å². The molecule has 0 saturated carbocycles. The van der Waals surface area contributed by atoms with Gasteiger partial charge in [-0.25, -0.2) is 4.98 Å². The number of nitrogens with zero attached hydrogens (tertiary/aromatic N) is 1. The molecule has 2 heterocycles. The first-order valence-electron chi connectivity index (χ1n) is 9.77. The Morgan fingerprint density at radius 3 is 2.72 bits per heavy atom. The van der Waals surface area contributed by atoms with Gasteiger partial charge in [-0.1, -0.05) is 43.8 Å². The van der Waals surface area contributed by atoms with Crippen molar-refractivity contribution < 1.29 is 18.7 Å². The van der Waals surface area contributed by atoms with E-state index in [2.05, 4.69) is 24.1 Å². The van der Waals surface area contributed by atoms with Crippen LogP contribution in [0.15, 0.2) is 52.1 Å². The number of rotatable bonds is 6. The average molecular weight is 413 g/mol. The number of carbonyl (C=O) groups excluding carboxylic acids is 1. The van der Waals surface area contributed by atoms with Crippen LogP contribution in [0.25, 0.3) is 11.1 Å². The molecule has 7 heteroatoms. The van der Waals surface area contributed by atoms with Gasteiger partial charge in [-0.2, -0.15) is 0 Å². The number of fused-ring (bicyclic) bond motifs is 2. The van der Waals surface area contributed by atoms with E-state index in [1.165, 1.54) is 11.8 Å². The van der Waals surface area contributed by atoms with Crippen molar-refractivity contribution in [3.8, 4) is 11.5 Å². The Hall–Kier alpha value is -2.67. The smallest absolute Gasteiger partial charge is 0.257 e. The summed E-state index contributed by atoms with van der Waals surface area (Å²) in [6.07, 6.45) is 0.863. The second-order valence-corrected chi connectivity index (χ2v) is 8.21. The van der Waals surface area contributed by atoms with E-state index in [4.69, 9.17) is 13.9 Å². The maximum Gasteiger partial charge on any atom is 0.257 e. The fourth-order valence-electron chi connectivity index (χ4n) is 3.26. The Morgan fingerprint density at radius 1 is 1.14 bits per heavy atom. The number of benzene rings is 2. The molecule has 1 atom stereocenters. The van der Waals surface area contributed by atoms with Crippen LogP contribution in [-0.2, 0) is 4.79 Å². The molecule has 2 aromatic carbocycles. The predicted octanol–water partition coefficient (Wildman–Crippen LogP) is 4.59. The lowest BCUT2D eigenvalue weighted by atomic mass is 9.95. The first-order valence-corrected chi connectivity index (χ1v) is 10.8. The van der Waals surface area contributed by atoms with Gasteiger partial charge in [0.1, 0.15) is 5.52 Å². The van der Waals surface area contributed by atoms with Gasteiger partial charge in [0.25, 0.3) is 5.22 Å². The lowest BCUT2D eigenvalue weighted by Crippen LogP contribution is -2.33. The quantitative estimate of drug-likeness (QED) is 0.597. The highest BCUT2D eigenvalue weighted by atomic mass is 32.2. The average Bonchev–Trinajstić information content (AvgIpc) is 2.99. The van der Waals surface area contributed by atoms with Crippen molar-refractivity contribution in [3.63, 3.8) is 0 Å². The third kappa shape index (κ3) is 4.67. The Morgan fingerprint density at radius 2 is 1.93 bits per heavy atom. The number of carbonyl (C=O) groups is 1. The molecule has 6 nitrogen and oxygen atoms in total. The molecule has 4 rings (SSSR count). The minimum Gasteiger partial charge on any atom is -0.490 e. The standard InChI is InChI=1S/C22H24N2O4S/c1-14(2)21(15-8-9-18-19(12-15)27-11-5-10-26-18)24-20(25)13-29-22-23-16-6-3-4-7-17(16)28-22/h3-4,6-9,12,14,21H,5,10-11,13H2,1-2H3,(H,24,25)/t21-/m1/s1. The SMILES string of the molecule is CC(C)[C@@H](NC(=O)CSc1nc2ccccc2o1)c1ccc2c(c1)OCCCO2. The molecule has 0 unspecified atom stereocenters. The summed E-state index contributed by atoms with van der Waals surface area (Å²) in [5.74, 6) is 1.88. The molecule has 1 amide bonds. The van der Waals surface area contributed by atoms with E-state index in [0.717, 1.165) is 34.6 Å². The highest BCUT2D eigenvalue weighted by Gasteiger charge is 2.21. The number of thioether (sulfide) groups is 1. The lowest BCUT2D eigenvalue weighted by Gasteiger charge is -2.23. The van der Waals surface area contributed by atoms with E-state index >= 15 is 0 Å². The Labute approximate surface area is 174 Å². The van der Waals surface area contributed by atoms with Gasteiger partial charge < -0.3 is 19.2 Å². The number of hydrogen-bond acceptors (Lipinski definition) is 6. The summed E-state index contributed by atoms with van der Waals surface area (Å²) >= 11 is 1.29. The highest BCUT2D eigenvalue weighted by Crippen LogP contribution is 2.34. The molecule has 1 N–H and O–H groups in total. The molecule has 0 saturated heterocycles. The molecular formula is C22H24N2O4S. The maximum atomic E-state index is 12.6. The van der Waals surface area contributed by atoms with E-state index in [0.29, 0.717) is 18.4 Å². The van der Waals surface area contributed by atoms with Crippen LogP contribution in [0, 0.1) is 5.92 Å². The van der Waals surface area contributed by atoms with Gasteiger partial charge in [0.05, 0.1) is 25.0 Å². The fourth-order valence-corrected chi connectivity index (χ4v) is 3.91. The minimum atomic E-state index is -0.121. The van der Waals surface area contributed by atoms with E-state index in [-0.39, 0.29) is 23.6 Å². The first-order chi connectivity index (χ1) is 14.1. The van der Waals surface area contributed by atoms with Crippen LogP contribution in [0.2, 0.25) is 0 Å². The predicted molar refractivity (Wildman–Crippen MR) is 113 cm³/mol. The third-order valence-electron chi connectivity index (χ3n) is 4.71. The molecule has 0 fully saturated rings. The number of aromatic nitrogens is 1. The van der Waals surface area contributed by atoms with Crippen molar-refractivity contribution in [2.75, 3.05) is 19.0 Å². The molecule has 0 bridgehead atoms. The molecule has 1 aromatic heterocycles. The highest BCUT2D eigenvalue weighted by molar-refractivity contribution is 7.99. The van der Waals surface area contributed by atoms with Gasteiger partial charge in [0.15, 0.2) is 17.1 Å². The zero-order valence-corrected chi connectivity index (χ0v) is 17.3. The Balaban J connectivity index is 1.42. The topological polar surface area (TPSA) is 73.6 Å². The lowest BCUT2D eigenvalue weighted by molar-refractivity contribution is -0.119. The zero-order chi connectivity index (χ0) is 20.2. The summed E-state index contributed by atoms with van der Waals surface area (Å²) in [5, 5.41) is 3.63. The number of nitrogens with one attached hydrogen (secondary N) is 1. The van der Waals surface area contributed by atoms with Crippen LogP contribution in [0.4, 0.5) is 0 Å². The van der Waals surface area contributed by atoms with E-state index in [9.17, 15) is 4.79 Å². The van der Waals surface area contributed by atoms with Gasteiger partial charge in [0, 0.05) is 6.42 Å². The molecule has 1 aliphatic heterocycles. The van der Waals surface area contributed by atoms with Crippen molar-refractivity contribution >= 4 is 28.8 Å². The van der Waals surface area contributed by atoms with Crippen molar-refractivity contribution in [2.45, 2.75) is 31.5 Å². The summed E-state index contributed by atoms with van der Waals surface area (Å²) in [6.45, 7) is 5.46. The van der Waals surface area contributed by atoms with E-state index in [1.54, 1.807) is 0 Å². The molecule has 29 heavy (non-hydrogen) atoms. The van der Waals surface area contributed by atoms with E-state index < -0.39 is 0 Å². The number of hydrogen-bond donors (Lipinski definition) is 1. The second-order valence-electron chi connectivity index (χ2n) is 7.28. The van der Waals surface area contributed by atoms with Crippen molar-refractivity contribution in [1.29, 1.82) is 0 Å². The maximum absolute atomic E-state index is 12.6. The summed E-state index contributed by atoms with van der Waals surface area (Å²) in [4.78, 5) is 17.0. The van der Waals surface area contributed by atoms with Crippen LogP contribution in [-0.4, -0.2) is 29.9 Å². The van der Waals surface area contributed by atoms with Crippen LogP contribution >= 0.6 is 11.8 Å². The summed E-state index contributed by atoms with van der Waals surface area (Å²) in [7, 11) is 0. The number of oxazole rings is 1. The van der Waals surface area contributed by atoms with Crippen LogP contribution in [0.3, 0.4) is 0 Å². The zero-order valence-electron chi connectivity index (χ0n) is 16.5. The Bertz CT molecular complexity index is 968. The number of amides is 1. The molecule has 3 aromatic rings. The summed E-state index contributed by atoms with van der Waals surface area (Å²) in [6, 6.07) is 13.3. The minimum absolute atomic E-state index is 0.0666. The Kier molecular flexibility index (Phi) is 5.94. The van der Waals surface area contributed by atoms with Gasteiger partial charge in [-0.3, -0.25) is 4.79 Å². The van der Waals surface area contributed by atoms with Crippen molar-refractivity contribution in [1.82, 2.24) is 10.3 Å². The van der Waals surface area contributed by atoms with Gasteiger partial charge in [-0.15, -0.1) is 0 Å². The molecule has 152 valence electrons. The first kappa shape index (κ1) is 19.6. The van der Waals surface area contributed by atoms with Gasteiger partial charge in [-0.05, 0) is 35.7 Å². The molecular weight excluding hydrogens is 388 g/mol. The van der Waals surface area contributed by atoms with Crippen LogP contribution in [0.5, 0.6) is 11.5 Å².